The van der Waals surface area contributed by atoms with Crippen molar-refractivity contribution in [3.05, 3.63) is 22.7 Å². The van der Waals surface area contributed by atoms with Gasteiger partial charge in [0.05, 0.1) is 12.7 Å². The van der Waals surface area contributed by atoms with E-state index in [1.807, 2.05) is 0 Å². The number of rotatable bonds is 8. The summed E-state index contributed by atoms with van der Waals surface area (Å²) in [5, 5.41) is 20.5. The molecule has 2 saturated carbocycles. The van der Waals surface area contributed by atoms with Gasteiger partial charge in [-0.25, -0.2) is 0 Å². The van der Waals surface area contributed by atoms with Gasteiger partial charge in [-0.3, -0.25) is 0 Å². The fourth-order valence-corrected chi connectivity index (χ4v) is 6.62. The number of aliphatic hydroxyl groups is 2. The zero-order valence-corrected chi connectivity index (χ0v) is 18.8. The maximum Gasteiger partial charge on any atom is 0.0642 e. The van der Waals surface area contributed by atoms with Crippen LogP contribution in [0.1, 0.15) is 72.6 Å². The lowest BCUT2D eigenvalue weighted by atomic mass is 9.61. The molecule has 150 valence electrons. The van der Waals surface area contributed by atoms with Gasteiger partial charge in [0.2, 0.25) is 0 Å². The van der Waals surface area contributed by atoms with Crippen LogP contribution in [0.3, 0.4) is 0 Å². The highest BCUT2D eigenvalue weighted by molar-refractivity contribution is 9.11. The molecule has 2 aliphatic carbocycles. The zero-order chi connectivity index (χ0) is 19.5. The molecule has 6 atom stereocenters. The van der Waals surface area contributed by atoms with Crippen molar-refractivity contribution >= 4 is 15.9 Å². The monoisotopic (exact) mass is 426 g/mol. The first-order chi connectivity index (χ1) is 12.2. The molecule has 26 heavy (non-hydrogen) atoms. The van der Waals surface area contributed by atoms with E-state index in [0.29, 0.717) is 29.1 Å². The summed E-state index contributed by atoms with van der Waals surface area (Å²) in [7, 11) is 0. The minimum atomic E-state index is -0.399. The summed E-state index contributed by atoms with van der Waals surface area (Å²) >= 11 is 3.60. The lowest BCUT2D eigenvalue weighted by molar-refractivity contribution is 0.0409. The largest absolute Gasteiger partial charge is 0.392 e. The Bertz CT molecular complexity index is 512. The molecule has 0 aromatic heterocycles. The van der Waals surface area contributed by atoms with Gasteiger partial charge in [-0.15, -0.1) is 0 Å². The zero-order valence-electron chi connectivity index (χ0n) is 17.2. The first-order valence-corrected chi connectivity index (χ1v) is 11.4. The molecular weight excluding hydrogens is 388 g/mol. The van der Waals surface area contributed by atoms with Crippen LogP contribution in [0.5, 0.6) is 0 Å². The van der Waals surface area contributed by atoms with E-state index in [1.54, 1.807) is 5.57 Å². The molecule has 0 unspecified atom stereocenters. The van der Waals surface area contributed by atoms with Gasteiger partial charge < -0.3 is 10.2 Å². The van der Waals surface area contributed by atoms with Gasteiger partial charge in [-0.2, -0.15) is 0 Å². The lowest BCUT2D eigenvalue weighted by Crippen LogP contribution is -2.37. The molecule has 0 aromatic carbocycles. The summed E-state index contributed by atoms with van der Waals surface area (Å²) in [6, 6.07) is 0. The minimum absolute atomic E-state index is 0.0109. The second-order valence-electron chi connectivity index (χ2n) is 9.61. The number of fused-ring (bicyclic) bond motifs is 1. The first-order valence-electron chi connectivity index (χ1n) is 10.5. The van der Waals surface area contributed by atoms with Crippen LogP contribution in [0.25, 0.3) is 0 Å². The fraction of sp³-hybridized carbons (Fsp3) is 0.826. The molecular formula is C23H39BrO2. The van der Waals surface area contributed by atoms with Gasteiger partial charge in [-0.1, -0.05) is 55.8 Å². The van der Waals surface area contributed by atoms with Crippen LogP contribution in [0.15, 0.2) is 22.7 Å². The van der Waals surface area contributed by atoms with Crippen molar-refractivity contribution in [2.75, 3.05) is 6.61 Å². The third-order valence-electron chi connectivity index (χ3n) is 7.40. The quantitative estimate of drug-likeness (QED) is 0.461. The van der Waals surface area contributed by atoms with Gasteiger partial charge in [0.25, 0.3) is 0 Å². The van der Waals surface area contributed by atoms with E-state index in [0.717, 1.165) is 18.4 Å². The number of allylic oxidation sites excluding steroid dienone is 1. The highest BCUT2D eigenvalue weighted by Gasteiger charge is 2.50. The Balaban J connectivity index is 2.08. The van der Waals surface area contributed by atoms with Crippen LogP contribution in [-0.2, 0) is 0 Å². The van der Waals surface area contributed by atoms with E-state index in [4.69, 9.17) is 0 Å². The molecule has 0 radical (unpaired) electrons. The van der Waals surface area contributed by atoms with Gasteiger partial charge >= 0.3 is 0 Å². The predicted octanol–water partition coefficient (Wildman–Crippen LogP) is 6.08. The maximum atomic E-state index is 11.0. The van der Waals surface area contributed by atoms with Crippen LogP contribution in [0.2, 0.25) is 0 Å². The molecule has 2 rings (SSSR count). The Morgan fingerprint density at radius 2 is 2.00 bits per heavy atom. The Morgan fingerprint density at radius 3 is 2.58 bits per heavy atom. The molecule has 0 heterocycles. The van der Waals surface area contributed by atoms with Crippen molar-refractivity contribution < 1.29 is 10.2 Å². The molecule has 2 nitrogen and oxygen atoms in total. The van der Waals surface area contributed by atoms with Crippen molar-refractivity contribution in [3.63, 3.8) is 0 Å². The van der Waals surface area contributed by atoms with Crippen molar-refractivity contribution in [1.82, 2.24) is 0 Å². The Hall–Kier alpha value is -0.120. The second-order valence-corrected chi connectivity index (χ2v) is 10.1. The second kappa shape index (κ2) is 9.39. The van der Waals surface area contributed by atoms with Crippen LogP contribution in [-0.4, -0.2) is 22.9 Å². The highest BCUT2D eigenvalue weighted by atomic mass is 79.9. The van der Waals surface area contributed by atoms with Gasteiger partial charge in [0, 0.05) is 5.92 Å². The SMILES string of the molecule is C=C(CO)[C@H](CC(C)C)[C@@H](O)C[C@@H](C)[C@H]1CC[C@H]2/C(=C/Br)CCC[C@]12C. The maximum absolute atomic E-state index is 11.0. The molecule has 0 spiro atoms. The summed E-state index contributed by atoms with van der Waals surface area (Å²) in [4.78, 5) is 2.18. The normalized spacial score (nSPS) is 33.9. The lowest BCUT2D eigenvalue weighted by Gasteiger charge is -2.45. The van der Waals surface area contributed by atoms with Crippen molar-refractivity contribution in [3.8, 4) is 0 Å². The van der Waals surface area contributed by atoms with E-state index in [9.17, 15) is 10.2 Å². The van der Waals surface area contributed by atoms with E-state index < -0.39 is 6.10 Å². The van der Waals surface area contributed by atoms with E-state index in [-0.39, 0.29) is 12.5 Å². The van der Waals surface area contributed by atoms with Gasteiger partial charge in [0.1, 0.15) is 0 Å². The van der Waals surface area contributed by atoms with Crippen LogP contribution in [0, 0.1) is 35.0 Å². The molecule has 0 saturated heterocycles. The molecule has 2 N–H and O–H groups in total. The summed E-state index contributed by atoms with van der Waals surface area (Å²) in [5.74, 6) is 2.38. The summed E-state index contributed by atoms with van der Waals surface area (Å²) < 4.78 is 0. The average molecular weight is 427 g/mol. The van der Waals surface area contributed by atoms with Crippen LogP contribution < -0.4 is 0 Å². The summed E-state index contributed by atoms with van der Waals surface area (Å²) in [6.07, 6.45) is 7.71. The van der Waals surface area contributed by atoms with Crippen molar-refractivity contribution in [1.29, 1.82) is 0 Å². The van der Waals surface area contributed by atoms with Gasteiger partial charge in [0.15, 0.2) is 0 Å². The highest BCUT2D eigenvalue weighted by Crippen LogP contribution is 2.60. The standard InChI is InChI=1S/C23H39BrO2/c1-15(2)11-19(17(4)14-25)22(26)12-16(3)20-8-9-21-18(13-24)7-6-10-23(20,21)5/h13,15-16,19-22,25-26H,4,6-12,14H2,1-3,5H3/b18-13+/t16-,19+,20-,21+,22+,23-/m1/s1. The first kappa shape index (κ1) is 22.2. The average Bonchev–Trinajstić information content (AvgIpc) is 2.95. The number of aliphatic hydroxyl groups excluding tert-OH is 2. The molecule has 0 aliphatic heterocycles. The fourth-order valence-electron chi connectivity index (χ4n) is 6.08. The van der Waals surface area contributed by atoms with E-state index >= 15 is 0 Å². The third kappa shape index (κ3) is 4.64. The Morgan fingerprint density at radius 1 is 1.31 bits per heavy atom. The number of halogens is 1. The molecule has 2 fully saturated rings. The summed E-state index contributed by atoms with van der Waals surface area (Å²) in [6.45, 7) is 13.2. The van der Waals surface area contributed by atoms with Gasteiger partial charge in [-0.05, 0) is 84.6 Å². The molecule has 0 aromatic rings. The van der Waals surface area contributed by atoms with Crippen molar-refractivity contribution in [2.24, 2.45) is 35.0 Å². The number of hydrogen-bond donors (Lipinski definition) is 2. The predicted molar refractivity (Wildman–Crippen MR) is 114 cm³/mol. The van der Waals surface area contributed by atoms with E-state index in [2.05, 4.69) is 55.2 Å². The molecule has 0 amide bonds. The molecule has 0 bridgehead atoms. The van der Waals surface area contributed by atoms with E-state index in [1.165, 1.54) is 32.1 Å². The topological polar surface area (TPSA) is 40.5 Å². The Labute approximate surface area is 169 Å². The van der Waals surface area contributed by atoms with Crippen LogP contribution >= 0.6 is 15.9 Å². The van der Waals surface area contributed by atoms with Crippen LogP contribution in [0.4, 0.5) is 0 Å². The smallest absolute Gasteiger partial charge is 0.0642 e. The number of hydrogen-bond acceptors (Lipinski definition) is 2. The minimum Gasteiger partial charge on any atom is -0.392 e. The third-order valence-corrected chi connectivity index (χ3v) is 7.98. The molecule has 3 heteroatoms. The van der Waals surface area contributed by atoms with Crippen molar-refractivity contribution in [2.45, 2.75) is 78.7 Å². The Kier molecular flexibility index (Phi) is 8.00. The summed E-state index contributed by atoms with van der Waals surface area (Å²) in [5.41, 5.74) is 2.76. The molecule has 2 aliphatic rings.